The normalized spacial score (nSPS) is 15.7. The number of anilines is 1. The highest BCUT2D eigenvalue weighted by Crippen LogP contribution is 2.40. The molecule has 0 spiro atoms. The lowest BCUT2D eigenvalue weighted by atomic mass is 9.88. The minimum atomic E-state index is -0.350. The van der Waals surface area contributed by atoms with Crippen LogP contribution in [0.3, 0.4) is 0 Å². The maximum absolute atomic E-state index is 13.1. The van der Waals surface area contributed by atoms with Gasteiger partial charge in [-0.2, -0.15) is 5.26 Å². The lowest BCUT2D eigenvalue weighted by molar-refractivity contribution is 0.102. The minimum Gasteiger partial charge on any atom is -0.360 e. The number of carbonyl (C=O) groups excluding carboxylic acids is 1. The lowest BCUT2D eigenvalue weighted by Gasteiger charge is -2.17. The van der Waals surface area contributed by atoms with Crippen molar-refractivity contribution >= 4 is 33.8 Å². The van der Waals surface area contributed by atoms with E-state index in [0.29, 0.717) is 44.1 Å². The van der Waals surface area contributed by atoms with Crippen LogP contribution in [-0.2, 0) is 12.8 Å². The molecule has 0 saturated heterocycles. The van der Waals surface area contributed by atoms with Crippen molar-refractivity contribution in [3.8, 4) is 17.3 Å². The van der Waals surface area contributed by atoms with E-state index in [0.717, 1.165) is 24.8 Å². The smallest absolute Gasteiger partial charge is 0.262 e. The van der Waals surface area contributed by atoms with Gasteiger partial charge in [0.25, 0.3) is 5.91 Å². The first kappa shape index (κ1) is 18.7. The summed E-state index contributed by atoms with van der Waals surface area (Å²) >= 11 is 7.78. The van der Waals surface area contributed by atoms with Gasteiger partial charge in [-0.25, -0.2) is 0 Å². The molecular formula is C21H18ClN3O2S. The zero-order valence-corrected chi connectivity index (χ0v) is 17.1. The Balaban J connectivity index is 1.71. The van der Waals surface area contributed by atoms with Gasteiger partial charge in [-0.15, -0.1) is 11.3 Å². The summed E-state index contributed by atoms with van der Waals surface area (Å²) in [5, 5.41) is 17.7. The monoisotopic (exact) mass is 411 g/mol. The number of nitrogens with one attached hydrogen (secondary N) is 1. The molecule has 1 N–H and O–H groups in total. The maximum atomic E-state index is 13.1. The second-order valence-electron chi connectivity index (χ2n) is 7.06. The molecule has 1 aliphatic rings. The number of nitrogens with zero attached hydrogens (tertiary/aromatic N) is 2. The number of aryl methyl sites for hydroxylation is 1. The summed E-state index contributed by atoms with van der Waals surface area (Å²) in [5.74, 6) is 0.645. The highest BCUT2D eigenvalue weighted by molar-refractivity contribution is 7.16. The van der Waals surface area contributed by atoms with Crippen molar-refractivity contribution in [2.45, 2.75) is 33.1 Å². The van der Waals surface area contributed by atoms with Crippen LogP contribution in [-0.4, -0.2) is 11.1 Å². The standard InChI is InChI=1S/C21H18ClN3O2S/c1-11-7-8-13-15(10-23)21(28-17(13)9-11)24-20(26)18-12(2)27-25-19(18)14-5-3-4-6-16(14)22/h3-6,11H,7-9H2,1-2H3,(H,24,26). The molecule has 0 bridgehead atoms. The van der Waals surface area contributed by atoms with Crippen LogP contribution >= 0.6 is 22.9 Å². The number of halogens is 1. The van der Waals surface area contributed by atoms with Gasteiger partial charge in [0.15, 0.2) is 0 Å². The Morgan fingerprint density at radius 3 is 2.96 bits per heavy atom. The van der Waals surface area contributed by atoms with E-state index < -0.39 is 0 Å². The van der Waals surface area contributed by atoms with Gasteiger partial charge >= 0.3 is 0 Å². The van der Waals surface area contributed by atoms with Gasteiger partial charge in [-0.3, -0.25) is 4.79 Å². The number of aromatic nitrogens is 1. The van der Waals surface area contributed by atoms with E-state index in [-0.39, 0.29) is 5.91 Å². The van der Waals surface area contributed by atoms with Gasteiger partial charge in [-0.05, 0) is 43.7 Å². The highest BCUT2D eigenvalue weighted by atomic mass is 35.5. The quantitative estimate of drug-likeness (QED) is 0.607. The highest BCUT2D eigenvalue weighted by Gasteiger charge is 2.27. The minimum absolute atomic E-state index is 0.330. The Kier molecular flexibility index (Phi) is 4.96. The first-order valence-electron chi connectivity index (χ1n) is 9.06. The largest absolute Gasteiger partial charge is 0.360 e. The number of carbonyl (C=O) groups is 1. The fourth-order valence-electron chi connectivity index (χ4n) is 3.60. The molecule has 2 aromatic heterocycles. The third-order valence-electron chi connectivity index (χ3n) is 5.07. The van der Waals surface area contributed by atoms with Crippen LogP contribution in [0.4, 0.5) is 5.00 Å². The fraction of sp³-hybridized carbons (Fsp3) is 0.286. The second-order valence-corrected chi connectivity index (χ2v) is 8.58. The molecule has 7 heteroatoms. The zero-order chi connectivity index (χ0) is 19.8. The molecule has 4 rings (SSSR count). The van der Waals surface area contributed by atoms with Gasteiger partial charge in [0, 0.05) is 10.4 Å². The first-order chi connectivity index (χ1) is 13.5. The van der Waals surface area contributed by atoms with Crippen LogP contribution < -0.4 is 5.32 Å². The van der Waals surface area contributed by atoms with Crippen LogP contribution in [0.1, 0.15) is 45.5 Å². The number of nitriles is 1. The van der Waals surface area contributed by atoms with Crippen molar-refractivity contribution in [3.05, 3.63) is 56.6 Å². The fourth-order valence-corrected chi connectivity index (χ4v) is 5.18. The van der Waals surface area contributed by atoms with Crippen LogP contribution in [0, 0.1) is 24.2 Å². The number of amides is 1. The summed E-state index contributed by atoms with van der Waals surface area (Å²) in [6.45, 7) is 3.90. The van der Waals surface area contributed by atoms with E-state index in [1.54, 1.807) is 19.1 Å². The van der Waals surface area contributed by atoms with Crippen molar-refractivity contribution < 1.29 is 9.32 Å². The number of hydrogen-bond acceptors (Lipinski definition) is 5. The van der Waals surface area contributed by atoms with Gasteiger partial charge in [-0.1, -0.05) is 41.9 Å². The molecule has 2 heterocycles. The average molecular weight is 412 g/mol. The summed E-state index contributed by atoms with van der Waals surface area (Å²) in [6.07, 6.45) is 2.89. The third-order valence-corrected chi connectivity index (χ3v) is 6.57. The summed E-state index contributed by atoms with van der Waals surface area (Å²) in [6, 6.07) is 9.45. The summed E-state index contributed by atoms with van der Waals surface area (Å²) < 4.78 is 5.28. The molecule has 1 aromatic carbocycles. The van der Waals surface area contributed by atoms with E-state index in [4.69, 9.17) is 16.1 Å². The summed E-state index contributed by atoms with van der Waals surface area (Å²) in [7, 11) is 0. The predicted molar refractivity (Wildman–Crippen MR) is 110 cm³/mol. The molecule has 1 unspecified atom stereocenters. The Bertz CT molecular complexity index is 1110. The first-order valence-corrected chi connectivity index (χ1v) is 10.3. The molecule has 0 radical (unpaired) electrons. The molecule has 5 nitrogen and oxygen atoms in total. The van der Waals surface area contributed by atoms with Crippen molar-refractivity contribution in [1.29, 1.82) is 5.26 Å². The number of fused-ring (bicyclic) bond motifs is 1. The van der Waals surface area contributed by atoms with E-state index >= 15 is 0 Å². The van der Waals surface area contributed by atoms with Crippen molar-refractivity contribution in [1.82, 2.24) is 5.16 Å². The van der Waals surface area contributed by atoms with E-state index in [1.165, 1.54) is 16.2 Å². The van der Waals surface area contributed by atoms with Gasteiger partial charge in [0.2, 0.25) is 0 Å². The molecule has 1 atom stereocenters. The third kappa shape index (κ3) is 3.21. The number of rotatable bonds is 3. The van der Waals surface area contributed by atoms with Crippen molar-refractivity contribution in [2.75, 3.05) is 5.32 Å². The molecule has 1 amide bonds. The summed E-state index contributed by atoms with van der Waals surface area (Å²) in [4.78, 5) is 14.3. The number of thiophene rings is 1. The molecular weight excluding hydrogens is 394 g/mol. The average Bonchev–Trinajstić information content (AvgIpc) is 3.21. The Hall–Kier alpha value is -2.62. The zero-order valence-electron chi connectivity index (χ0n) is 15.5. The topological polar surface area (TPSA) is 78.9 Å². The molecule has 0 aliphatic heterocycles. The number of benzene rings is 1. The maximum Gasteiger partial charge on any atom is 0.262 e. The van der Waals surface area contributed by atoms with Crippen molar-refractivity contribution in [2.24, 2.45) is 5.92 Å². The van der Waals surface area contributed by atoms with E-state index in [2.05, 4.69) is 23.5 Å². The Morgan fingerprint density at radius 2 is 2.21 bits per heavy atom. The van der Waals surface area contributed by atoms with Crippen molar-refractivity contribution in [3.63, 3.8) is 0 Å². The predicted octanol–water partition coefficient (Wildman–Crippen LogP) is 5.61. The Labute approximate surface area is 171 Å². The molecule has 3 aromatic rings. The lowest BCUT2D eigenvalue weighted by Crippen LogP contribution is -2.13. The van der Waals surface area contributed by atoms with Gasteiger partial charge in [0.1, 0.15) is 28.1 Å². The summed E-state index contributed by atoms with van der Waals surface area (Å²) in [5.41, 5.74) is 3.01. The Morgan fingerprint density at radius 1 is 1.43 bits per heavy atom. The van der Waals surface area contributed by atoms with E-state index in [1.807, 2.05) is 12.1 Å². The second kappa shape index (κ2) is 7.42. The van der Waals surface area contributed by atoms with Gasteiger partial charge in [0.05, 0.1) is 10.6 Å². The van der Waals surface area contributed by atoms with Crippen LogP contribution in [0.25, 0.3) is 11.3 Å². The molecule has 0 saturated carbocycles. The van der Waals surface area contributed by atoms with Crippen LogP contribution in [0.2, 0.25) is 5.02 Å². The molecule has 28 heavy (non-hydrogen) atoms. The SMILES string of the molecule is Cc1onc(-c2ccccc2Cl)c1C(=O)Nc1sc2c(c1C#N)CCC(C)C2. The molecule has 0 fully saturated rings. The van der Waals surface area contributed by atoms with Gasteiger partial charge < -0.3 is 9.84 Å². The van der Waals surface area contributed by atoms with E-state index in [9.17, 15) is 10.1 Å². The number of hydrogen-bond donors (Lipinski definition) is 1. The molecule has 142 valence electrons. The van der Waals surface area contributed by atoms with Crippen LogP contribution in [0.15, 0.2) is 28.8 Å². The molecule has 1 aliphatic carbocycles. The van der Waals surface area contributed by atoms with Crippen LogP contribution in [0.5, 0.6) is 0 Å².